The molecule has 0 saturated carbocycles. The minimum absolute atomic E-state index is 0.0159. The fourth-order valence-electron chi connectivity index (χ4n) is 6.57. The number of unbranched alkanes of at least 4 members (excludes halogenated alkanes) is 27. The number of aliphatic hydroxyl groups is 1. The van der Waals surface area contributed by atoms with Crippen LogP contribution in [0.4, 0.5) is 0 Å². The zero-order valence-electron chi connectivity index (χ0n) is 34.6. The van der Waals surface area contributed by atoms with E-state index in [9.17, 15) is 19.4 Å². The van der Waals surface area contributed by atoms with Crippen molar-refractivity contribution in [3.8, 4) is 0 Å². The van der Waals surface area contributed by atoms with E-state index in [4.69, 9.17) is 9.05 Å². The van der Waals surface area contributed by atoms with Crippen LogP contribution < -0.4 is 10.2 Å². The first kappa shape index (κ1) is 50.5. The van der Waals surface area contributed by atoms with Gasteiger partial charge in [-0.25, -0.2) is 0 Å². The molecule has 0 aromatic carbocycles. The first-order chi connectivity index (χ1) is 24.5. The highest BCUT2D eigenvalue weighted by Crippen LogP contribution is 2.38. The fourth-order valence-corrected chi connectivity index (χ4v) is 7.29. The molecule has 0 rings (SSSR count). The molecule has 9 heteroatoms. The standard InChI is InChI=1S/C42H87N2O6P/c1-6-8-10-12-14-16-18-20-21-22-24-26-28-30-32-34-36-42(46)43-40(39-50-51(47,48)49-38-37-44(3,4)5)41(45)35-33-31-29-27-25-23-19-17-15-13-11-9-7-2/h40-41,45H,6-39H2,1-5H3,(H-,43,46,47,48). The average molecular weight is 747 g/mol. The van der Waals surface area contributed by atoms with Crippen LogP contribution in [0.1, 0.15) is 213 Å². The number of amides is 1. The Balaban J connectivity index is 4.34. The number of nitrogens with zero attached hydrogens (tertiary/aromatic N) is 1. The number of phosphoric acid groups is 1. The Labute approximate surface area is 317 Å². The Hall–Kier alpha value is -0.500. The molecule has 1 amide bonds. The summed E-state index contributed by atoms with van der Waals surface area (Å²) < 4.78 is 23.2. The van der Waals surface area contributed by atoms with E-state index in [1.165, 1.54) is 148 Å². The summed E-state index contributed by atoms with van der Waals surface area (Å²) in [5.41, 5.74) is 0. The second-order valence-electron chi connectivity index (χ2n) is 16.4. The maximum absolute atomic E-state index is 12.8. The summed E-state index contributed by atoms with van der Waals surface area (Å²) in [5.74, 6) is -0.162. The second kappa shape index (κ2) is 35.2. The lowest BCUT2D eigenvalue weighted by Gasteiger charge is -2.30. The van der Waals surface area contributed by atoms with Crippen molar-refractivity contribution in [1.82, 2.24) is 5.32 Å². The third-order valence-electron chi connectivity index (χ3n) is 10.1. The van der Waals surface area contributed by atoms with Gasteiger partial charge in [-0.15, -0.1) is 0 Å². The van der Waals surface area contributed by atoms with Crippen LogP contribution >= 0.6 is 7.82 Å². The molecular formula is C42H87N2O6P. The van der Waals surface area contributed by atoms with Crippen molar-refractivity contribution in [2.45, 2.75) is 225 Å². The summed E-state index contributed by atoms with van der Waals surface area (Å²) >= 11 is 0. The summed E-state index contributed by atoms with van der Waals surface area (Å²) in [4.78, 5) is 25.3. The lowest BCUT2D eigenvalue weighted by atomic mass is 10.0. The topological polar surface area (TPSA) is 108 Å². The van der Waals surface area contributed by atoms with Gasteiger partial charge in [-0.2, -0.15) is 0 Å². The molecule has 51 heavy (non-hydrogen) atoms. The molecule has 0 heterocycles. The minimum atomic E-state index is -4.55. The molecule has 3 atom stereocenters. The summed E-state index contributed by atoms with van der Waals surface area (Å²) in [7, 11) is 1.32. The Morgan fingerprint density at radius 2 is 0.961 bits per heavy atom. The molecule has 0 radical (unpaired) electrons. The zero-order chi connectivity index (χ0) is 37.9. The van der Waals surface area contributed by atoms with Gasteiger partial charge in [0.25, 0.3) is 7.82 Å². The maximum atomic E-state index is 12.8. The van der Waals surface area contributed by atoms with Crippen molar-refractivity contribution < 1.29 is 32.9 Å². The third kappa shape index (κ3) is 37.6. The zero-order valence-corrected chi connectivity index (χ0v) is 35.5. The molecule has 0 fully saturated rings. The van der Waals surface area contributed by atoms with E-state index in [1.807, 2.05) is 21.1 Å². The van der Waals surface area contributed by atoms with Gasteiger partial charge >= 0.3 is 0 Å². The van der Waals surface area contributed by atoms with Gasteiger partial charge in [0, 0.05) is 6.42 Å². The number of carbonyl (C=O) groups excluding carboxylic acids is 1. The van der Waals surface area contributed by atoms with Gasteiger partial charge in [-0.1, -0.05) is 194 Å². The molecule has 8 nitrogen and oxygen atoms in total. The summed E-state index contributed by atoms with van der Waals surface area (Å²) in [5, 5.41) is 13.9. The summed E-state index contributed by atoms with van der Waals surface area (Å²) in [6, 6.07) is -0.792. The van der Waals surface area contributed by atoms with Gasteiger partial charge in [0.2, 0.25) is 5.91 Å². The van der Waals surface area contributed by atoms with Crippen molar-refractivity contribution in [2.75, 3.05) is 40.9 Å². The minimum Gasteiger partial charge on any atom is -0.756 e. The quantitative estimate of drug-likeness (QED) is 0.0367. The molecule has 306 valence electrons. The number of rotatable bonds is 40. The van der Waals surface area contributed by atoms with Crippen molar-refractivity contribution in [2.24, 2.45) is 0 Å². The molecule has 0 aliphatic heterocycles. The second-order valence-corrected chi connectivity index (χ2v) is 17.8. The number of carbonyl (C=O) groups is 1. The Morgan fingerprint density at radius 3 is 1.33 bits per heavy atom. The van der Waals surface area contributed by atoms with Crippen molar-refractivity contribution >= 4 is 13.7 Å². The number of phosphoric ester groups is 1. The van der Waals surface area contributed by atoms with Gasteiger partial charge in [0.1, 0.15) is 13.2 Å². The molecule has 0 saturated heterocycles. The monoisotopic (exact) mass is 747 g/mol. The molecule has 0 aliphatic carbocycles. The Morgan fingerprint density at radius 1 is 0.608 bits per heavy atom. The van der Waals surface area contributed by atoms with E-state index < -0.39 is 20.0 Å². The van der Waals surface area contributed by atoms with E-state index in [1.54, 1.807) is 0 Å². The van der Waals surface area contributed by atoms with Crippen LogP contribution in [0.5, 0.6) is 0 Å². The van der Waals surface area contributed by atoms with Gasteiger partial charge in [-0.05, 0) is 12.8 Å². The largest absolute Gasteiger partial charge is 0.756 e. The number of nitrogens with one attached hydrogen (secondary N) is 1. The summed E-state index contributed by atoms with van der Waals surface area (Å²) in [6.45, 7) is 4.73. The summed E-state index contributed by atoms with van der Waals surface area (Å²) in [6.07, 6.45) is 36.7. The van der Waals surface area contributed by atoms with Crippen LogP contribution in [0.15, 0.2) is 0 Å². The smallest absolute Gasteiger partial charge is 0.268 e. The predicted molar refractivity (Wildman–Crippen MR) is 215 cm³/mol. The highest BCUT2D eigenvalue weighted by atomic mass is 31.2. The predicted octanol–water partition coefficient (Wildman–Crippen LogP) is 11.2. The van der Waals surface area contributed by atoms with Crippen LogP contribution in [0.3, 0.4) is 0 Å². The molecule has 3 unspecified atom stereocenters. The van der Waals surface area contributed by atoms with Crippen LogP contribution in [0.25, 0.3) is 0 Å². The van der Waals surface area contributed by atoms with E-state index >= 15 is 0 Å². The van der Waals surface area contributed by atoms with Crippen molar-refractivity contribution in [1.29, 1.82) is 0 Å². The van der Waals surface area contributed by atoms with E-state index in [-0.39, 0.29) is 19.1 Å². The Bertz CT molecular complexity index is 809. The van der Waals surface area contributed by atoms with Gasteiger partial charge in [0.15, 0.2) is 0 Å². The van der Waals surface area contributed by atoms with Gasteiger partial charge in [0.05, 0.1) is 39.9 Å². The van der Waals surface area contributed by atoms with Crippen LogP contribution in [0.2, 0.25) is 0 Å². The number of aliphatic hydroxyl groups excluding tert-OH is 1. The highest BCUT2D eigenvalue weighted by molar-refractivity contribution is 7.45. The fraction of sp³-hybridized carbons (Fsp3) is 0.976. The molecule has 2 N–H and O–H groups in total. The number of hydrogen-bond donors (Lipinski definition) is 2. The van der Waals surface area contributed by atoms with Crippen LogP contribution in [-0.2, 0) is 18.4 Å². The highest BCUT2D eigenvalue weighted by Gasteiger charge is 2.24. The van der Waals surface area contributed by atoms with Crippen molar-refractivity contribution in [3.05, 3.63) is 0 Å². The van der Waals surface area contributed by atoms with E-state index in [0.29, 0.717) is 23.9 Å². The molecule has 0 aliphatic rings. The van der Waals surface area contributed by atoms with Crippen LogP contribution in [-0.4, -0.2) is 68.5 Å². The molecular weight excluding hydrogens is 659 g/mol. The van der Waals surface area contributed by atoms with Gasteiger partial charge in [-0.3, -0.25) is 9.36 Å². The Kier molecular flexibility index (Phi) is 34.9. The first-order valence-corrected chi connectivity index (χ1v) is 23.3. The average Bonchev–Trinajstić information content (AvgIpc) is 3.07. The number of likely N-dealkylation sites (N-methyl/N-ethyl adjacent to an activating group) is 1. The maximum Gasteiger partial charge on any atom is 0.268 e. The van der Waals surface area contributed by atoms with Gasteiger partial charge < -0.3 is 28.8 Å². The molecule has 0 bridgehead atoms. The third-order valence-corrected chi connectivity index (χ3v) is 11.1. The van der Waals surface area contributed by atoms with Crippen molar-refractivity contribution in [3.63, 3.8) is 0 Å². The molecule has 0 aromatic heterocycles. The molecule has 0 spiro atoms. The lowest BCUT2D eigenvalue weighted by molar-refractivity contribution is -0.870. The number of hydrogen-bond acceptors (Lipinski definition) is 6. The van der Waals surface area contributed by atoms with Crippen LogP contribution in [0, 0.1) is 0 Å². The number of quaternary nitrogens is 1. The SMILES string of the molecule is CCCCCCCCCCCCCCCCCCC(=O)NC(COP(=O)([O-])OCC[N+](C)(C)C)C(O)CCCCCCCCCCCCCCC. The molecule has 0 aromatic rings. The van der Waals surface area contributed by atoms with E-state index in [0.717, 1.165) is 38.5 Å². The normalized spacial score (nSPS) is 14.4. The first-order valence-electron chi connectivity index (χ1n) is 21.9. The lowest BCUT2D eigenvalue weighted by Crippen LogP contribution is -2.46. The van der Waals surface area contributed by atoms with E-state index in [2.05, 4.69) is 19.2 Å².